The lowest BCUT2D eigenvalue weighted by atomic mass is 10.1. The van der Waals surface area contributed by atoms with Crippen LogP contribution in [0.25, 0.3) is 0 Å². The number of carbonyl (C=O) groups is 1. The van der Waals surface area contributed by atoms with Gasteiger partial charge in [0.2, 0.25) is 4.77 Å². The Morgan fingerprint density at radius 3 is 2.68 bits per heavy atom. The monoisotopic (exact) mass is 276 g/mol. The molecule has 0 bridgehead atoms. The van der Waals surface area contributed by atoms with Gasteiger partial charge in [-0.1, -0.05) is 12.1 Å². The fourth-order valence-electron chi connectivity index (χ4n) is 1.29. The first-order chi connectivity index (χ1) is 9.08. The number of hydrogen-bond donors (Lipinski definition) is 2. The minimum atomic E-state index is -1.00. The summed E-state index contributed by atoms with van der Waals surface area (Å²) in [5, 5.41) is 18.6. The Morgan fingerprint density at radius 1 is 1.42 bits per heavy atom. The molecule has 0 saturated heterocycles. The Hall–Kier alpha value is -2.61. The smallest absolute Gasteiger partial charge is 0.335 e. The fraction of sp³-hybridized carbons (Fsp3) is 0. The topological polar surface area (TPSA) is 100 Å². The molecule has 1 aromatic carbocycles. The Morgan fingerprint density at radius 2 is 2.11 bits per heavy atom. The standard InChI is InChI=1S/C11H8N4O3S/c16-9-6-12-14-11(19)15(9)13-5-7-1-3-8(4-2-7)10(17)18/h1-6H,(H,14,19)(H,17,18)/b13-5-. The lowest BCUT2D eigenvalue weighted by Gasteiger charge is -1.97. The minimum Gasteiger partial charge on any atom is -0.478 e. The Bertz CT molecular complexity index is 717. The van der Waals surface area contributed by atoms with Crippen molar-refractivity contribution in [1.29, 1.82) is 0 Å². The number of H-pyrrole nitrogens is 1. The molecule has 0 aliphatic carbocycles. The van der Waals surface area contributed by atoms with E-state index in [2.05, 4.69) is 15.3 Å². The fourth-order valence-corrected chi connectivity index (χ4v) is 1.48. The van der Waals surface area contributed by atoms with E-state index < -0.39 is 11.5 Å². The van der Waals surface area contributed by atoms with Gasteiger partial charge in [0, 0.05) is 0 Å². The molecule has 2 rings (SSSR count). The highest BCUT2D eigenvalue weighted by Gasteiger charge is 2.00. The molecule has 0 amide bonds. The van der Waals surface area contributed by atoms with Crippen molar-refractivity contribution in [3.63, 3.8) is 0 Å². The molecule has 0 atom stereocenters. The molecule has 0 fully saturated rings. The van der Waals surface area contributed by atoms with Gasteiger partial charge in [0.1, 0.15) is 6.20 Å². The van der Waals surface area contributed by atoms with E-state index in [1.165, 1.54) is 18.3 Å². The van der Waals surface area contributed by atoms with Crippen LogP contribution in [0, 0.1) is 4.77 Å². The number of carboxylic acid groups (broad SMARTS) is 1. The number of aromatic carboxylic acids is 1. The lowest BCUT2D eigenvalue weighted by molar-refractivity contribution is 0.0697. The van der Waals surface area contributed by atoms with Gasteiger partial charge in [0.15, 0.2) is 0 Å². The van der Waals surface area contributed by atoms with Gasteiger partial charge in [-0.15, -0.1) is 0 Å². The Labute approximate surface area is 111 Å². The molecule has 8 heteroatoms. The first-order valence-electron chi connectivity index (χ1n) is 5.12. The van der Waals surface area contributed by atoms with E-state index in [1.54, 1.807) is 12.1 Å². The number of aromatic nitrogens is 3. The molecule has 0 unspecified atom stereocenters. The molecule has 1 heterocycles. The third kappa shape index (κ3) is 2.99. The number of hydrogen-bond acceptors (Lipinski definition) is 5. The highest BCUT2D eigenvalue weighted by atomic mass is 32.1. The molecular weight excluding hydrogens is 268 g/mol. The van der Waals surface area contributed by atoms with Crippen LogP contribution in [-0.4, -0.2) is 32.2 Å². The summed E-state index contributed by atoms with van der Waals surface area (Å²) in [6.07, 6.45) is 2.46. The van der Waals surface area contributed by atoms with Gasteiger partial charge >= 0.3 is 5.97 Å². The van der Waals surface area contributed by atoms with Crippen molar-refractivity contribution in [3.05, 3.63) is 56.7 Å². The maximum atomic E-state index is 11.4. The average molecular weight is 276 g/mol. The maximum absolute atomic E-state index is 11.4. The highest BCUT2D eigenvalue weighted by molar-refractivity contribution is 7.71. The second-order valence-corrected chi connectivity index (χ2v) is 3.88. The molecule has 0 spiro atoms. The van der Waals surface area contributed by atoms with E-state index in [1.807, 2.05) is 0 Å². The van der Waals surface area contributed by atoms with E-state index in [0.717, 1.165) is 10.9 Å². The zero-order valence-corrected chi connectivity index (χ0v) is 10.3. The van der Waals surface area contributed by atoms with Crippen LogP contribution in [0.1, 0.15) is 15.9 Å². The van der Waals surface area contributed by atoms with Gasteiger partial charge in [-0.2, -0.15) is 14.9 Å². The first kappa shape index (κ1) is 12.8. The van der Waals surface area contributed by atoms with Crippen LogP contribution in [0.5, 0.6) is 0 Å². The summed E-state index contributed by atoms with van der Waals surface area (Å²) < 4.78 is 1.05. The van der Waals surface area contributed by atoms with Gasteiger partial charge < -0.3 is 5.11 Å². The van der Waals surface area contributed by atoms with Crippen molar-refractivity contribution >= 4 is 24.4 Å². The summed E-state index contributed by atoms with van der Waals surface area (Å²) in [5.74, 6) is -1.00. The highest BCUT2D eigenvalue weighted by Crippen LogP contribution is 2.02. The second kappa shape index (κ2) is 5.36. The molecule has 7 nitrogen and oxygen atoms in total. The quantitative estimate of drug-likeness (QED) is 0.640. The molecule has 0 radical (unpaired) electrons. The van der Waals surface area contributed by atoms with Crippen molar-refractivity contribution in [3.8, 4) is 0 Å². The zero-order chi connectivity index (χ0) is 13.8. The molecule has 2 N–H and O–H groups in total. The summed E-state index contributed by atoms with van der Waals surface area (Å²) in [6, 6.07) is 6.04. The SMILES string of the molecule is O=C(O)c1ccc(/C=N\n2c(=O)cn[nH]c2=S)cc1. The van der Waals surface area contributed by atoms with E-state index in [4.69, 9.17) is 17.3 Å². The average Bonchev–Trinajstić information content (AvgIpc) is 2.38. The van der Waals surface area contributed by atoms with Crippen molar-refractivity contribution < 1.29 is 9.90 Å². The van der Waals surface area contributed by atoms with Gasteiger partial charge in [0.25, 0.3) is 5.56 Å². The summed E-state index contributed by atoms with van der Waals surface area (Å²) in [7, 11) is 0. The summed E-state index contributed by atoms with van der Waals surface area (Å²) in [4.78, 5) is 22.1. The van der Waals surface area contributed by atoms with Gasteiger partial charge in [-0.05, 0) is 29.9 Å². The van der Waals surface area contributed by atoms with Crippen molar-refractivity contribution in [2.75, 3.05) is 0 Å². The third-order valence-corrected chi connectivity index (χ3v) is 2.48. The Balaban J connectivity index is 2.31. The van der Waals surface area contributed by atoms with Crippen LogP contribution in [0.4, 0.5) is 0 Å². The summed E-state index contributed by atoms with van der Waals surface area (Å²) in [5.41, 5.74) is 0.362. The number of nitrogens with one attached hydrogen (secondary N) is 1. The minimum absolute atomic E-state index is 0.0749. The van der Waals surface area contributed by atoms with Crippen LogP contribution in [-0.2, 0) is 0 Å². The molecule has 2 aromatic rings. The van der Waals surface area contributed by atoms with Crippen molar-refractivity contribution in [1.82, 2.24) is 14.9 Å². The number of carboxylic acids is 1. The van der Waals surface area contributed by atoms with Gasteiger partial charge in [-0.25, -0.2) is 4.79 Å². The molecular formula is C11H8N4O3S. The number of benzene rings is 1. The Kier molecular flexibility index (Phi) is 3.62. The maximum Gasteiger partial charge on any atom is 0.335 e. The molecule has 19 heavy (non-hydrogen) atoms. The van der Waals surface area contributed by atoms with Gasteiger partial charge in [0.05, 0.1) is 11.8 Å². The molecule has 0 aliphatic rings. The molecule has 1 aromatic heterocycles. The largest absolute Gasteiger partial charge is 0.478 e. The van der Waals surface area contributed by atoms with E-state index in [9.17, 15) is 9.59 Å². The van der Waals surface area contributed by atoms with E-state index >= 15 is 0 Å². The predicted molar refractivity (Wildman–Crippen MR) is 70.1 cm³/mol. The zero-order valence-electron chi connectivity index (χ0n) is 9.48. The van der Waals surface area contributed by atoms with E-state index in [0.29, 0.717) is 5.56 Å². The van der Waals surface area contributed by atoms with Crippen LogP contribution in [0.2, 0.25) is 0 Å². The summed E-state index contributed by atoms with van der Waals surface area (Å²) in [6.45, 7) is 0. The molecule has 0 saturated carbocycles. The normalized spacial score (nSPS) is 10.7. The molecule has 0 aliphatic heterocycles. The first-order valence-corrected chi connectivity index (χ1v) is 5.53. The molecule has 96 valence electrons. The van der Waals surface area contributed by atoms with E-state index in [-0.39, 0.29) is 10.3 Å². The second-order valence-electron chi connectivity index (χ2n) is 3.50. The van der Waals surface area contributed by atoms with Crippen LogP contribution < -0.4 is 5.56 Å². The lowest BCUT2D eigenvalue weighted by Crippen LogP contribution is -2.18. The predicted octanol–water partition coefficient (Wildman–Crippen LogP) is 0.881. The van der Waals surface area contributed by atoms with Crippen molar-refractivity contribution in [2.24, 2.45) is 5.10 Å². The van der Waals surface area contributed by atoms with Crippen LogP contribution in [0.15, 0.2) is 40.4 Å². The summed E-state index contributed by atoms with van der Waals surface area (Å²) >= 11 is 4.86. The number of nitrogens with zero attached hydrogens (tertiary/aromatic N) is 3. The number of rotatable bonds is 3. The van der Waals surface area contributed by atoms with Crippen molar-refractivity contribution in [2.45, 2.75) is 0 Å². The van der Waals surface area contributed by atoms with Crippen LogP contribution >= 0.6 is 12.2 Å². The third-order valence-electron chi connectivity index (χ3n) is 2.22. The number of aromatic amines is 1. The van der Waals surface area contributed by atoms with Gasteiger partial charge in [-0.3, -0.25) is 9.89 Å². The van der Waals surface area contributed by atoms with Crippen LogP contribution in [0.3, 0.4) is 0 Å².